The second-order valence-electron chi connectivity index (χ2n) is 1.47. The fourth-order valence-electron chi connectivity index (χ4n) is 0.294. The van der Waals surface area contributed by atoms with Gasteiger partial charge < -0.3 is 47.1 Å². The molecule has 107 valence electrons. The van der Waals surface area contributed by atoms with Crippen molar-refractivity contribution in [3.63, 3.8) is 0 Å². The van der Waals surface area contributed by atoms with Crippen LogP contribution in [0.1, 0.15) is 0 Å². The Morgan fingerprint density at radius 3 is 1.12 bits per heavy atom. The summed E-state index contributed by atoms with van der Waals surface area (Å²) in [5, 5.41) is 31.0. The first-order chi connectivity index (χ1) is 7.66. The van der Waals surface area contributed by atoms with E-state index in [9.17, 15) is 0 Å². The largest absolute Gasteiger partial charge is 0.660 e. The van der Waals surface area contributed by atoms with Crippen molar-refractivity contribution < 1.29 is 16.8 Å². The van der Waals surface area contributed by atoms with Crippen LogP contribution in [0, 0.1) is 30.3 Å². The molecule has 0 spiro atoms. The normalized spacial score (nSPS) is 6.00. The number of rotatable bonds is 4. The van der Waals surface area contributed by atoms with Gasteiger partial charge in [0.2, 0.25) is 0 Å². The molecule has 0 aliphatic rings. The van der Waals surface area contributed by atoms with Crippen LogP contribution in [0.5, 0.6) is 0 Å². The first kappa shape index (κ1) is 29.6. The average Bonchev–Trinajstić information content (AvgIpc) is 2.22. The molecule has 0 aromatic rings. The third kappa shape index (κ3) is 345. The molecule has 0 rings (SSSR count). The summed E-state index contributed by atoms with van der Waals surface area (Å²) in [5.74, 6) is 0. The standard InChI is InChI=1S/C4H12N3.Co.3HNO2/c5-1-3-7-4-2-6;;3*2-1-3/h1-6H2;;3*(H,2,3)/q-1;;;;/p-3. The van der Waals surface area contributed by atoms with E-state index in [0.29, 0.717) is 13.1 Å². The number of hydrogen-bond acceptors (Lipinski definition) is 11. The summed E-state index contributed by atoms with van der Waals surface area (Å²) < 4.78 is 0. The van der Waals surface area contributed by atoms with Gasteiger partial charge in [0.1, 0.15) is 0 Å². The molecule has 4 N–H and O–H groups in total. The van der Waals surface area contributed by atoms with Gasteiger partial charge in [0.15, 0.2) is 0 Å². The Bertz CT molecular complexity index is 113. The van der Waals surface area contributed by atoms with Crippen LogP contribution in [0.2, 0.25) is 0 Å². The molecule has 0 saturated heterocycles. The molecule has 12 nitrogen and oxygen atoms in total. The van der Waals surface area contributed by atoms with Gasteiger partial charge in [-0.05, 0) is 13.1 Å². The van der Waals surface area contributed by atoms with E-state index >= 15 is 0 Å². The average molecular weight is 299 g/mol. The molecule has 0 unspecified atom stereocenters. The van der Waals surface area contributed by atoms with Gasteiger partial charge in [-0.25, -0.2) is 0 Å². The van der Waals surface area contributed by atoms with Crippen LogP contribution in [0.25, 0.3) is 5.32 Å². The Balaban J connectivity index is -0.0000000411. The molecule has 1 radical (unpaired) electrons. The third-order valence-electron chi connectivity index (χ3n) is 0.574. The van der Waals surface area contributed by atoms with Crippen molar-refractivity contribution in [3.05, 3.63) is 35.7 Å². The van der Waals surface area contributed by atoms with Crippen LogP contribution in [0.4, 0.5) is 0 Å². The van der Waals surface area contributed by atoms with Crippen molar-refractivity contribution in [1.29, 1.82) is 0 Å². The van der Waals surface area contributed by atoms with Crippen molar-refractivity contribution in [1.82, 2.24) is 0 Å². The summed E-state index contributed by atoms with van der Waals surface area (Å²) in [4.78, 5) is 24.0. The zero-order valence-electron chi connectivity index (χ0n) is 8.55. The molecule has 0 atom stereocenters. The van der Waals surface area contributed by atoms with E-state index in [2.05, 4.69) is 5.32 Å². The molecule has 0 aliphatic carbocycles. The number of nitrogens with two attached hydrogens (primary N) is 2. The maximum atomic E-state index is 8.00. The Morgan fingerprint density at radius 2 is 1.00 bits per heavy atom. The monoisotopic (exact) mass is 299 g/mol. The van der Waals surface area contributed by atoms with Crippen LogP contribution in [0.15, 0.2) is 16.0 Å². The number of hydrogen-bond donors (Lipinski definition) is 2. The molecule has 0 aliphatic heterocycles. The van der Waals surface area contributed by atoms with Crippen LogP contribution >= 0.6 is 0 Å². The van der Waals surface area contributed by atoms with Crippen LogP contribution < -0.4 is 11.5 Å². The van der Waals surface area contributed by atoms with Gasteiger partial charge in [0, 0.05) is 16.8 Å². The fourth-order valence-corrected chi connectivity index (χ4v) is 0.294. The fraction of sp³-hybridized carbons (Fsp3) is 1.00. The van der Waals surface area contributed by atoms with Gasteiger partial charge in [-0.3, -0.25) is 0 Å². The van der Waals surface area contributed by atoms with Gasteiger partial charge in [-0.1, -0.05) is 0 Å². The van der Waals surface area contributed by atoms with Gasteiger partial charge in [-0.2, -0.15) is 0 Å². The molecule has 13 heteroatoms. The summed E-state index contributed by atoms with van der Waals surface area (Å²) in [6.45, 7) is 2.77. The van der Waals surface area contributed by atoms with E-state index in [4.69, 9.17) is 41.8 Å². The third-order valence-corrected chi connectivity index (χ3v) is 0.574. The van der Waals surface area contributed by atoms with Gasteiger partial charge in [-0.15, -0.1) is 29.1 Å². The van der Waals surface area contributed by atoms with Crippen LogP contribution in [0.3, 0.4) is 0 Å². The molecule has 17 heavy (non-hydrogen) atoms. The van der Waals surface area contributed by atoms with E-state index in [0.717, 1.165) is 29.1 Å². The molecule has 0 aromatic carbocycles. The van der Waals surface area contributed by atoms with Gasteiger partial charge in [0.05, 0.1) is 0 Å². The molecule has 0 heterocycles. The maximum absolute atomic E-state index is 8.00. The summed E-state index contributed by atoms with van der Waals surface area (Å²) in [5.41, 5.74) is 10.3. The first-order valence-electron chi connectivity index (χ1n) is 3.54. The van der Waals surface area contributed by atoms with Gasteiger partial charge >= 0.3 is 0 Å². The second kappa shape index (κ2) is 62.1. The van der Waals surface area contributed by atoms with Crippen molar-refractivity contribution >= 4 is 0 Å². The summed E-state index contributed by atoms with van der Waals surface area (Å²) >= 11 is 0. The molecular formula is C4H12CoN6O6-4. The Labute approximate surface area is 107 Å². The summed E-state index contributed by atoms with van der Waals surface area (Å²) in [7, 11) is 0. The molecule has 0 aromatic heterocycles. The molecule has 0 amide bonds. The van der Waals surface area contributed by atoms with Crippen molar-refractivity contribution in [2.75, 3.05) is 26.2 Å². The van der Waals surface area contributed by atoms with E-state index in [1.807, 2.05) is 0 Å². The smallest absolute Gasteiger partial charge is 0 e. The van der Waals surface area contributed by atoms with E-state index in [1.165, 1.54) is 0 Å². The molecule has 0 bridgehead atoms. The predicted octanol–water partition coefficient (Wildman–Crippen LogP) is 0.0268. The topological polar surface area (TPSA) is 224 Å². The van der Waals surface area contributed by atoms with Gasteiger partial charge in [0.25, 0.3) is 0 Å². The van der Waals surface area contributed by atoms with Crippen molar-refractivity contribution in [2.45, 2.75) is 0 Å². The quantitative estimate of drug-likeness (QED) is 0.407. The minimum atomic E-state index is 0. The number of nitrogens with zero attached hydrogens (tertiary/aromatic N) is 4. The first-order valence-corrected chi connectivity index (χ1v) is 3.54. The van der Waals surface area contributed by atoms with Crippen molar-refractivity contribution in [2.24, 2.45) is 27.5 Å². The van der Waals surface area contributed by atoms with Crippen molar-refractivity contribution in [3.8, 4) is 0 Å². The summed E-state index contributed by atoms with van der Waals surface area (Å²) in [6.07, 6.45) is 0. The minimum Gasteiger partial charge on any atom is -0.660 e. The zero-order chi connectivity index (χ0) is 13.7. The van der Waals surface area contributed by atoms with E-state index < -0.39 is 0 Å². The second-order valence-corrected chi connectivity index (χ2v) is 1.47. The predicted molar refractivity (Wildman–Crippen MR) is 58.7 cm³/mol. The molecular weight excluding hydrogens is 287 g/mol. The SMILES string of the molecule is NCC[N-]CCN.O=N[O-].O=N[O-].O=N[O-].[Co]. The minimum absolute atomic E-state index is 0. The summed E-state index contributed by atoms with van der Waals surface area (Å²) in [6, 6.07) is 0. The maximum Gasteiger partial charge on any atom is 0 e. The van der Waals surface area contributed by atoms with E-state index in [-0.39, 0.29) is 16.8 Å². The molecule has 0 saturated carbocycles. The van der Waals surface area contributed by atoms with E-state index in [1.54, 1.807) is 0 Å². The zero-order valence-corrected chi connectivity index (χ0v) is 9.60. The Hall–Kier alpha value is -1.41. The Kier molecular flexibility index (Phi) is 108. The van der Waals surface area contributed by atoms with Crippen LogP contribution in [-0.4, -0.2) is 26.2 Å². The van der Waals surface area contributed by atoms with Crippen LogP contribution in [-0.2, 0) is 16.8 Å². The Morgan fingerprint density at radius 1 is 0.824 bits per heavy atom. The molecule has 0 fully saturated rings.